The quantitative estimate of drug-likeness (QED) is 0.804. The Labute approximate surface area is 130 Å². The highest BCUT2D eigenvalue weighted by Gasteiger charge is 2.35. The number of hydrogen-bond acceptors (Lipinski definition) is 1. The van der Waals surface area contributed by atoms with Gasteiger partial charge >= 0.3 is 6.18 Å². The number of hydrogen-bond donors (Lipinski definition) is 1. The first-order chi connectivity index (χ1) is 9.77. The van der Waals surface area contributed by atoms with Gasteiger partial charge in [0.05, 0.1) is 11.1 Å². The second-order valence-electron chi connectivity index (χ2n) is 5.62. The molecule has 0 aromatic heterocycles. The summed E-state index contributed by atoms with van der Waals surface area (Å²) in [4.78, 5) is 12.1. The molecule has 1 amide bonds. The molecule has 0 atom stereocenters. The van der Waals surface area contributed by atoms with E-state index in [4.69, 9.17) is 0 Å². The smallest absolute Gasteiger partial charge is 0.349 e. The predicted octanol–water partition coefficient (Wildman–Crippen LogP) is 4.78. The van der Waals surface area contributed by atoms with Crippen LogP contribution in [-0.4, -0.2) is 11.9 Å². The molecule has 0 saturated heterocycles. The van der Waals surface area contributed by atoms with Crippen LogP contribution in [0.15, 0.2) is 22.7 Å². The molecule has 0 heterocycles. The number of carbonyl (C=O) groups excluding carboxylic acids is 1. The molecule has 1 aliphatic carbocycles. The SMILES string of the molecule is CC1CCC(NC(=O)c2ccc(Br)cc2C(F)(F)F)CC1. The zero-order valence-corrected chi connectivity index (χ0v) is 13.2. The molecule has 1 fully saturated rings. The lowest BCUT2D eigenvalue weighted by molar-refractivity contribution is -0.138. The fourth-order valence-electron chi connectivity index (χ4n) is 2.62. The molecule has 0 spiro atoms. The predicted molar refractivity (Wildman–Crippen MR) is 78.0 cm³/mol. The van der Waals surface area contributed by atoms with Gasteiger partial charge in [0.25, 0.3) is 5.91 Å². The van der Waals surface area contributed by atoms with Crippen molar-refractivity contribution in [1.29, 1.82) is 0 Å². The Morgan fingerprint density at radius 1 is 1.24 bits per heavy atom. The number of benzene rings is 1. The summed E-state index contributed by atoms with van der Waals surface area (Å²) < 4.78 is 39.4. The fourth-order valence-corrected chi connectivity index (χ4v) is 2.98. The van der Waals surface area contributed by atoms with E-state index in [2.05, 4.69) is 28.2 Å². The Morgan fingerprint density at radius 3 is 2.43 bits per heavy atom. The molecule has 0 radical (unpaired) electrons. The second kappa shape index (κ2) is 6.38. The molecule has 1 aromatic rings. The summed E-state index contributed by atoms with van der Waals surface area (Å²) in [6.45, 7) is 2.15. The molecule has 1 aromatic carbocycles. The van der Waals surface area contributed by atoms with Crippen molar-refractivity contribution >= 4 is 21.8 Å². The first-order valence-corrected chi connectivity index (χ1v) is 7.74. The van der Waals surface area contributed by atoms with Crippen LogP contribution in [0.4, 0.5) is 13.2 Å². The minimum Gasteiger partial charge on any atom is -0.349 e. The van der Waals surface area contributed by atoms with Gasteiger partial charge in [-0.15, -0.1) is 0 Å². The first-order valence-electron chi connectivity index (χ1n) is 6.95. The van der Waals surface area contributed by atoms with Crippen LogP contribution in [-0.2, 0) is 6.18 Å². The summed E-state index contributed by atoms with van der Waals surface area (Å²) in [5.74, 6) is -0.0223. The number of amides is 1. The highest BCUT2D eigenvalue weighted by Crippen LogP contribution is 2.34. The molecule has 0 bridgehead atoms. The molecule has 0 unspecified atom stereocenters. The van der Waals surface area contributed by atoms with Crippen LogP contribution in [0.25, 0.3) is 0 Å². The van der Waals surface area contributed by atoms with Gasteiger partial charge in [0.2, 0.25) is 0 Å². The highest BCUT2D eigenvalue weighted by atomic mass is 79.9. The Morgan fingerprint density at radius 2 is 1.86 bits per heavy atom. The van der Waals surface area contributed by atoms with Crippen LogP contribution in [0.5, 0.6) is 0 Å². The van der Waals surface area contributed by atoms with Gasteiger partial charge in [-0.25, -0.2) is 0 Å². The lowest BCUT2D eigenvalue weighted by Gasteiger charge is -2.27. The topological polar surface area (TPSA) is 29.1 Å². The summed E-state index contributed by atoms with van der Waals surface area (Å²) >= 11 is 3.01. The zero-order valence-electron chi connectivity index (χ0n) is 11.6. The number of alkyl halides is 3. The van der Waals surface area contributed by atoms with E-state index in [1.807, 2.05) is 0 Å². The maximum Gasteiger partial charge on any atom is 0.417 e. The van der Waals surface area contributed by atoms with E-state index in [9.17, 15) is 18.0 Å². The molecule has 1 aliphatic rings. The van der Waals surface area contributed by atoms with Crippen molar-refractivity contribution in [2.24, 2.45) is 5.92 Å². The molecule has 2 nitrogen and oxygen atoms in total. The summed E-state index contributed by atoms with van der Waals surface area (Å²) in [6, 6.07) is 3.58. The van der Waals surface area contributed by atoms with Gasteiger partial charge in [0.1, 0.15) is 0 Å². The second-order valence-corrected chi connectivity index (χ2v) is 6.53. The molecular formula is C15H17BrF3NO. The summed E-state index contributed by atoms with van der Waals surface area (Å²) in [7, 11) is 0. The summed E-state index contributed by atoms with van der Waals surface area (Å²) in [5, 5.41) is 2.73. The maximum absolute atomic E-state index is 13.0. The van der Waals surface area contributed by atoms with E-state index < -0.39 is 17.6 Å². The molecular weight excluding hydrogens is 347 g/mol. The van der Waals surface area contributed by atoms with Crippen LogP contribution in [0, 0.1) is 5.92 Å². The van der Waals surface area contributed by atoms with Gasteiger partial charge in [-0.1, -0.05) is 22.9 Å². The largest absolute Gasteiger partial charge is 0.417 e. The van der Waals surface area contributed by atoms with Gasteiger partial charge in [-0.05, 0) is 49.8 Å². The minimum absolute atomic E-state index is 0.0292. The number of nitrogens with one attached hydrogen (secondary N) is 1. The molecule has 1 N–H and O–H groups in total. The van der Waals surface area contributed by atoms with E-state index in [1.54, 1.807) is 0 Å². The lowest BCUT2D eigenvalue weighted by atomic mass is 9.87. The van der Waals surface area contributed by atoms with E-state index in [0.717, 1.165) is 31.7 Å². The average Bonchev–Trinajstić information content (AvgIpc) is 2.40. The standard InChI is InChI=1S/C15H17BrF3NO/c1-9-2-5-11(6-3-9)20-14(21)12-7-4-10(16)8-13(12)15(17,18)19/h4,7-9,11H,2-3,5-6H2,1H3,(H,20,21). The third-order valence-corrected chi connectivity index (χ3v) is 4.38. The lowest BCUT2D eigenvalue weighted by Crippen LogP contribution is -2.38. The van der Waals surface area contributed by atoms with Crippen LogP contribution in [0.3, 0.4) is 0 Å². The van der Waals surface area contributed by atoms with Gasteiger partial charge in [0.15, 0.2) is 0 Å². The molecule has 0 aliphatic heterocycles. The van der Waals surface area contributed by atoms with E-state index in [0.29, 0.717) is 10.4 Å². The van der Waals surface area contributed by atoms with Crippen molar-refractivity contribution in [2.45, 2.75) is 44.8 Å². The third kappa shape index (κ3) is 4.22. The van der Waals surface area contributed by atoms with Gasteiger partial charge in [-0.3, -0.25) is 4.79 Å². The van der Waals surface area contributed by atoms with Crippen LogP contribution >= 0.6 is 15.9 Å². The average molecular weight is 364 g/mol. The van der Waals surface area contributed by atoms with Crippen LogP contribution in [0.2, 0.25) is 0 Å². The normalized spacial score (nSPS) is 22.9. The van der Waals surface area contributed by atoms with Crippen molar-refractivity contribution in [3.63, 3.8) is 0 Å². The van der Waals surface area contributed by atoms with Gasteiger partial charge in [0, 0.05) is 10.5 Å². The minimum atomic E-state index is -4.54. The van der Waals surface area contributed by atoms with E-state index in [-0.39, 0.29) is 11.6 Å². The molecule has 1 saturated carbocycles. The molecule has 21 heavy (non-hydrogen) atoms. The molecule has 6 heteroatoms. The molecule has 116 valence electrons. The summed E-state index contributed by atoms with van der Waals surface area (Å²) in [6.07, 6.45) is -0.901. The van der Waals surface area contributed by atoms with Crippen LogP contribution in [0.1, 0.15) is 48.5 Å². The van der Waals surface area contributed by atoms with Crippen molar-refractivity contribution in [3.8, 4) is 0 Å². The van der Waals surface area contributed by atoms with Crippen LogP contribution < -0.4 is 5.32 Å². The third-order valence-electron chi connectivity index (χ3n) is 3.88. The van der Waals surface area contributed by atoms with Crippen molar-refractivity contribution in [1.82, 2.24) is 5.32 Å². The van der Waals surface area contributed by atoms with Crippen molar-refractivity contribution < 1.29 is 18.0 Å². The van der Waals surface area contributed by atoms with Crippen molar-refractivity contribution in [2.75, 3.05) is 0 Å². The van der Waals surface area contributed by atoms with Crippen molar-refractivity contribution in [3.05, 3.63) is 33.8 Å². The maximum atomic E-state index is 13.0. The number of halogens is 4. The van der Waals surface area contributed by atoms with E-state index in [1.165, 1.54) is 12.1 Å². The Kier molecular flexibility index (Phi) is 4.96. The first kappa shape index (κ1) is 16.3. The molecule has 2 rings (SSSR count). The Bertz CT molecular complexity index is 522. The number of carbonyl (C=O) groups is 1. The van der Waals surface area contributed by atoms with Gasteiger partial charge in [-0.2, -0.15) is 13.2 Å². The summed E-state index contributed by atoms with van der Waals surface area (Å²) in [5.41, 5.74) is -1.22. The Hall–Kier alpha value is -1.04. The highest BCUT2D eigenvalue weighted by molar-refractivity contribution is 9.10. The fraction of sp³-hybridized carbons (Fsp3) is 0.533. The van der Waals surface area contributed by atoms with Gasteiger partial charge < -0.3 is 5.32 Å². The number of rotatable bonds is 2. The Balaban J connectivity index is 2.16. The monoisotopic (exact) mass is 363 g/mol. The zero-order chi connectivity index (χ0) is 15.6. The van der Waals surface area contributed by atoms with E-state index >= 15 is 0 Å².